The Bertz CT molecular complexity index is 1300. The van der Waals surface area contributed by atoms with Gasteiger partial charge in [0.15, 0.2) is 6.04 Å². The monoisotopic (exact) mass is 523 g/mol. The topological polar surface area (TPSA) is 81.2 Å². The standard InChI is InChI=1S/C32H33N3O4/c36-29(37)28-27-19-18-26(35(27)30(38)32(20-10-11-21-32)23-12-4-1-5-13-23)22-33(28)31(39)34(24-14-6-2-7-15-24)25-16-8-3-9-17-25/h1-9,12-17,26-28H,10-11,18-22H2,(H,36,37)/t26-,27+,28-/m0/s1. The third-order valence-corrected chi connectivity index (χ3v) is 8.80. The zero-order chi connectivity index (χ0) is 27.0. The molecule has 3 aromatic carbocycles. The average molecular weight is 524 g/mol. The molecule has 0 radical (unpaired) electrons. The molecule has 6 rings (SSSR count). The maximum absolute atomic E-state index is 14.4. The third kappa shape index (κ3) is 4.26. The van der Waals surface area contributed by atoms with Gasteiger partial charge in [-0.25, -0.2) is 9.59 Å². The van der Waals surface area contributed by atoms with E-state index in [1.807, 2.05) is 95.9 Å². The van der Waals surface area contributed by atoms with Crippen LogP contribution in [0.1, 0.15) is 44.1 Å². The molecule has 39 heavy (non-hydrogen) atoms. The second-order valence-corrected chi connectivity index (χ2v) is 10.9. The molecule has 2 saturated heterocycles. The van der Waals surface area contributed by atoms with E-state index in [4.69, 9.17) is 0 Å². The normalized spacial score (nSPS) is 23.4. The number of carbonyl (C=O) groups is 3. The smallest absolute Gasteiger partial charge is 0.329 e. The molecule has 2 bridgehead atoms. The van der Waals surface area contributed by atoms with Crippen LogP contribution in [0.5, 0.6) is 0 Å². The lowest BCUT2D eigenvalue weighted by molar-refractivity contribution is -0.153. The van der Waals surface area contributed by atoms with Gasteiger partial charge in [0, 0.05) is 12.6 Å². The number of nitrogens with zero attached hydrogens (tertiary/aromatic N) is 3. The number of likely N-dealkylation sites (tertiary alicyclic amines) is 1. The van der Waals surface area contributed by atoms with Crippen molar-refractivity contribution >= 4 is 29.3 Å². The fourth-order valence-corrected chi connectivity index (χ4v) is 7.02. The van der Waals surface area contributed by atoms with Gasteiger partial charge in [0.1, 0.15) is 0 Å². The fourth-order valence-electron chi connectivity index (χ4n) is 7.02. The molecule has 1 aliphatic carbocycles. The van der Waals surface area contributed by atoms with Crippen LogP contribution in [-0.4, -0.2) is 57.5 Å². The molecule has 2 aliphatic heterocycles. The minimum absolute atomic E-state index is 0.0278. The zero-order valence-electron chi connectivity index (χ0n) is 21.9. The molecule has 0 aromatic heterocycles. The van der Waals surface area contributed by atoms with E-state index in [2.05, 4.69) is 0 Å². The highest BCUT2D eigenvalue weighted by Crippen LogP contribution is 2.46. The first kappa shape index (κ1) is 25.2. The van der Waals surface area contributed by atoms with E-state index < -0.39 is 23.5 Å². The van der Waals surface area contributed by atoms with Crippen LogP contribution in [0.2, 0.25) is 0 Å². The second kappa shape index (κ2) is 10.2. The largest absolute Gasteiger partial charge is 0.480 e. The minimum atomic E-state index is -1.12. The molecule has 200 valence electrons. The molecule has 3 fully saturated rings. The summed E-state index contributed by atoms with van der Waals surface area (Å²) < 4.78 is 0. The maximum Gasteiger partial charge on any atom is 0.329 e. The molecular weight excluding hydrogens is 490 g/mol. The van der Waals surface area contributed by atoms with Crippen molar-refractivity contribution in [2.75, 3.05) is 11.4 Å². The van der Waals surface area contributed by atoms with Gasteiger partial charge in [-0.05, 0) is 55.5 Å². The summed E-state index contributed by atoms with van der Waals surface area (Å²) in [4.78, 5) is 46.4. The number of rotatable bonds is 5. The lowest BCUT2D eigenvalue weighted by atomic mass is 9.77. The highest BCUT2D eigenvalue weighted by atomic mass is 16.4. The number of hydrogen-bond acceptors (Lipinski definition) is 3. The van der Waals surface area contributed by atoms with Crippen LogP contribution < -0.4 is 4.90 Å². The van der Waals surface area contributed by atoms with Crippen LogP contribution in [0, 0.1) is 0 Å². The number of fused-ring (bicyclic) bond motifs is 2. The number of piperazine rings is 1. The highest BCUT2D eigenvalue weighted by molar-refractivity contribution is 6.01. The number of anilines is 2. The Kier molecular flexibility index (Phi) is 6.59. The van der Waals surface area contributed by atoms with Crippen LogP contribution in [0.15, 0.2) is 91.0 Å². The van der Waals surface area contributed by atoms with E-state index in [0.717, 1.165) is 31.2 Å². The van der Waals surface area contributed by atoms with Crippen molar-refractivity contribution in [2.24, 2.45) is 0 Å². The van der Waals surface area contributed by atoms with Gasteiger partial charge in [0.05, 0.1) is 22.8 Å². The van der Waals surface area contributed by atoms with Gasteiger partial charge in [-0.15, -0.1) is 0 Å². The van der Waals surface area contributed by atoms with E-state index in [0.29, 0.717) is 24.2 Å². The predicted molar refractivity (Wildman–Crippen MR) is 149 cm³/mol. The van der Waals surface area contributed by atoms with Gasteiger partial charge in [0.2, 0.25) is 5.91 Å². The molecule has 7 nitrogen and oxygen atoms in total. The molecule has 3 atom stereocenters. The summed E-state index contributed by atoms with van der Waals surface area (Å²) >= 11 is 0. The van der Waals surface area contributed by atoms with Crippen LogP contribution in [0.4, 0.5) is 16.2 Å². The lowest BCUT2D eigenvalue weighted by Gasteiger charge is -2.48. The molecule has 1 saturated carbocycles. The van der Waals surface area contributed by atoms with Crippen LogP contribution in [0.25, 0.3) is 0 Å². The summed E-state index contributed by atoms with van der Waals surface area (Å²) in [6, 6.07) is 26.2. The molecular formula is C32H33N3O4. The molecule has 7 heteroatoms. The summed E-state index contributed by atoms with van der Waals surface area (Å²) in [5.41, 5.74) is 1.71. The van der Waals surface area contributed by atoms with Crippen LogP contribution in [0.3, 0.4) is 0 Å². The summed E-state index contributed by atoms with van der Waals surface area (Å²) in [5.74, 6) is -1.05. The predicted octanol–water partition coefficient (Wildman–Crippen LogP) is 5.59. The lowest BCUT2D eigenvalue weighted by Crippen LogP contribution is -2.68. The van der Waals surface area contributed by atoms with Crippen molar-refractivity contribution in [1.82, 2.24) is 9.80 Å². The van der Waals surface area contributed by atoms with Crippen molar-refractivity contribution in [3.05, 3.63) is 96.6 Å². The Labute approximate surface area is 228 Å². The first-order chi connectivity index (χ1) is 19.0. The van der Waals surface area contributed by atoms with Crippen molar-refractivity contribution in [2.45, 2.75) is 62.1 Å². The number of aliphatic carboxylic acids is 1. The molecule has 3 amide bonds. The summed E-state index contributed by atoms with van der Waals surface area (Å²) in [6.07, 6.45) is 4.73. The number of para-hydroxylation sites is 2. The van der Waals surface area contributed by atoms with Gasteiger partial charge in [-0.2, -0.15) is 0 Å². The van der Waals surface area contributed by atoms with E-state index >= 15 is 0 Å². The maximum atomic E-state index is 14.4. The first-order valence-electron chi connectivity index (χ1n) is 13.8. The molecule has 3 aromatic rings. The minimum Gasteiger partial charge on any atom is -0.480 e. The molecule has 2 heterocycles. The first-order valence-corrected chi connectivity index (χ1v) is 13.8. The average Bonchev–Trinajstić information content (AvgIpc) is 3.58. The van der Waals surface area contributed by atoms with Crippen molar-refractivity contribution in [3.8, 4) is 0 Å². The van der Waals surface area contributed by atoms with Crippen molar-refractivity contribution in [1.29, 1.82) is 0 Å². The number of benzene rings is 3. The van der Waals surface area contributed by atoms with E-state index in [-0.39, 0.29) is 24.5 Å². The Morgan fingerprint density at radius 1 is 0.769 bits per heavy atom. The number of urea groups is 1. The highest BCUT2D eigenvalue weighted by Gasteiger charge is 2.57. The molecule has 1 N–H and O–H groups in total. The van der Waals surface area contributed by atoms with Gasteiger partial charge in [-0.1, -0.05) is 79.6 Å². The Hall–Kier alpha value is -4.13. The summed E-state index contributed by atoms with van der Waals surface area (Å²) in [7, 11) is 0. The van der Waals surface area contributed by atoms with E-state index in [1.165, 1.54) is 4.90 Å². The van der Waals surface area contributed by atoms with E-state index in [9.17, 15) is 19.5 Å². The number of carbonyl (C=O) groups excluding carboxylic acids is 2. The number of carboxylic acid groups (broad SMARTS) is 1. The van der Waals surface area contributed by atoms with Gasteiger partial charge in [-0.3, -0.25) is 9.69 Å². The second-order valence-electron chi connectivity index (χ2n) is 10.9. The molecule has 0 spiro atoms. The third-order valence-electron chi connectivity index (χ3n) is 8.80. The summed E-state index contributed by atoms with van der Waals surface area (Å²) in [6.45, 7) is 0.194. The number of amides is 3. The fraction of sp³-hybridized carbons (Fsp3) is 0.344. The van der Waals surface area contributed by atoms with E-state index in [1.54, 1.807) is 4.90 Å². The van der Waals surface area contributed by atoms with Crippen LogP contribution >= 0.6 is 0 Å². The van der Waals surface area contributed by atoms with Gasteiger partial charge in [0.25, 0.3) is 0 Å². The van der Waals surface area contributed by atoms with Crippen molar-refractivity contribution in [3.63, 3.8) is 0 Å². The number of carboxylic acids is 1. The van der Waals surface area contributed by atoms with Gasteiger partial charge < -0.3 is 14.9 Å². The molecule has 0 unspecified atom stereocenters. The Balaban J connectivity index is 1.36. The Morgan fingerprint density at radius 2 is 1.31 bits per heavy atom. The SMILES string of the molecule is O=C(O)[C@@H]1[C@H]2CC[C@@H](CN1C(=O)N(c1ccccc1)c1ccccc1)N2C(=O)C1(c2ccccc2)CCCC1. The van der Waals surface area contributed by atoms with Gasteiger partial charge >= 0.3 is 12.0 Å². The quantitative estimate of drug-likeness (QED) is 0.473. The zero-order valence-corrected chi connectivity index (χ0v) is 21.9. The number of hydrogen-bond donors (Lipinski definition) is 1. The van der Waals surface area contributed by atoms with Crippen LogP contribution in [-0.2, 0) is 15.0 Å². The van der Waals surface area contributed by atoms with Crippen molar-refractivity contribution < 1.29 is 19.5 Å². The Morgan fingerprint density at radius 3 is 1.85 bits per heavy atom. The summed E-state index contributed by atoms with van der Waals surface area (Å²) in [5, 5.41) is 10.5. The molecule has 3 aliphatic rings.